The Bertz CT molecular complexity index is 883. The van der Waals surface area contributed by atoms with Crippen molar-refractivity contribution in [2.45, 2.75) is 0 Å². The second-order valence-corrected chi connectivity index (χ2v) is 4.82. The lowest BCUT2D eigenvalue weighted by molar-refractivity contribution is 0.961. The molecule has 0 fully saturated rings. The summed E-state index contributed by atoms with van der Waals surface area (Å²) < 4.78 is 4.03. The van der Waals surface area contributed by atoms with Crippen LogP contribution in [0.5, 0.6) is 0 Å². The van der Waals surface area contributed by atoms with E-state index in [1.54, 1.807) is 0 Å². The molecule has 0 saturated carbocycles. The highest BCUT2D eigenvalue weighted by Crippen LogP contribution is 2.25. The van der Waals surface area contributed by atoms with Gasteiger partial charge < -0.3 is 4.57 Å². The number of hydrogen-bond acceptors (Lipinski definition) is 1. The van der Waals surface area contributed by atoms with Gasteiger partial charge in [0.05, 0.1) is 5.52 Å². The van der Waals surface area contributed by atoms with Gasteiger partial charge >= 0.3 is 0 Å². The van der Waals surface area contributed by atoms with Crippen LogP contribution in [-0.2, 0) is 7.05 Å². The fraction of sp³-hybridized carbons (Fsp3) is 0.0625. The van der Waals surface area contributed by atoms with E-state index >= 15 is 0 Å². The van der Waals surface area contributed by atoms with E-state index in [1.165, 1.54) is 22.0 Å². The molecule has 0 amide bonds. The fourth-order valence-electron chi connectivity index (χ4n) is 2.54. The average Bonchev–Trinajstić information content (AvgIpc) is 3.05. The summed E-state index contributed by atoms with van der Waals surface area (Å²) in [6, 6.07) is 15.0. The first-order valence-electron chi connectivity index (χ1n) is 6.30. The number of rotatable bonds is 1. The number of aromatic nitrogens is 3. The molecule has 0 N–H and O–H groups in total. The molecule has 3 heteroatoms. The summed E-state index contributed by atoms with van der Waals surface area (Å²) in [5, 5.41) is 5.50. The van der Waals surface area contributed by atoms with Crippen molar-refractivity contribution < 1.29 is 0 Å². The molecule has 3 nitrogen and oxygen atoms in total. The number of aryl methyl sites for hydroxylation is 1. The zero-order valence-electron chi connectivity index (χ0n) is 10.6. The predicted molar refractivity (Wildman–Crippen MR) is 77.1 cm³/mol. The molecule has 4 aromatic rings. The van der Waals surface area contributed by atoms with E-state index in [0.29, 0.717) is 0 Å². The minimum Gasteiger partial charge on any atom is -0.351 e. The van der Waals surface area contributed by atoms with Gasteiger partial charge in [-0.1, -0.05) is 12.1 Å². The van der Waals surface area contributed by atoms with Gasteiger partial charge in [-0.05, 0) is 46.8 Å². The molecule has 0 radical (unpaired) electrons. The number of fused-ring (bicyclic) bond motifs is 2. The van der Waals surface area contributed by atoms with Crippen LogP contribution < -0.4 is 0 Å². The molecule has 1 aromatic carbocycles. The summed E-state index contributed by atoms with van der Waals surface area (Å²) in [6.45, 7) is 0. The predicted octanol–water partition coefficient (Wildman–Crippen LogP) is 3.49. The van der Waals surface area contributed by atoms with Crippen molar-refractivity contribution in [1.82, 2.24) is 14.2 Å². The smallest absolute Gasteiger partial charge is 0.0667 e. The topological polar surface area (TPSA) is 22.2 Å². The molecular weight excluding hydrogens is 234 g/mol. The molecule has 3 heterocycles. The molecule has 4 rings (SSSR count). The first kappa shape index (κ1) is 10.4. The van der Waals surface area contributed by atoms with Crippen LogP contribution in [0.1, 0.15) is 0 Å². The highest BCUT2D eigenvalue weighted by molar-refractivity contribution is 5.85. The molecule has 19 heavy (non-hydrogen) atoms. The largest absolute Gasteiger partial charge is 0.351 e. The standard InChI is InChI=1S/C16H13N3/c1-18-8-5-12-2-3-13(11-16(12)18)14-6-9-19-15(10-14)4-7-17-19/h2-11H,1H3. The van der Waals surface area contributed by atoms with E-state index < -0.39 is 0 Å². The third-order valence-corrected chi connectivity index (χ3v) is 3.62. The highest BCUT2D eigenvalue weighted by atomic mass is 15.2. The molecule has 0 aliphatic heterocycles. The Morgan fingerprint density at radius 1 is 0.895 bits per heavy atom. The van der Waals surface area contributed by atoms with Gasteiger partial charge in [-0.2, -0.15) is 5.10 Å². The van der Waals surface area contributed by atoms with Gasteiger partial charge in [-0.3, -0.25) is 0 Å². The van der Waals surface area contributed by atoms with E-state index in [0.717, 1.165) is 5.52 Å². The van der Waals surface area contributed by atoms with Crippen LogP contribution in [-0.4, -0.2) is 14.2 Å². The third kappa shape index (κ3) is 1.55. The summed E-state index contributed by atoms with van der Waals surface area (Å²) in [7, 11) is 2.08. The average molecular weight is 247 g/mol. The quantitative estimate of drug-likeness (QED) is 0.504. The van der Waals surface area contributed by atoms with Crippen molar-refractivity contribution in [2.24, 2.45) is 7.05 Å². The van der Waals surface area contributed by atoms with E-state index in [2.05, 4.69) is 59.3 Å². The Balaban J connectivity index is 1.94. The molecule has 0 bridgehead atoms. The first-order valence-corrected chi connectivity index (χ1v) is 6.30. The van der Waals surface area contributed by atoms with E-state index in [1.807, 2.05) is 23.0 Å². The lowest BCUT2D eigenvalue weighted by Crippen LogP contribution is -1.88. The number of benzene rings is 1. The fourth-order valence-corrected chi connectivity index (χ4v) is 2.54. The maximum absolute atomic E-state index is 4.22. The molecule has 0 spiro atoms. The van der Waals surface area contributed by atoms with Crippen LogP contribution in [0.25, 0.3) is 27.5 Å². The van der Waals surface area contributed by atoms with Crippen LogP contribution in [0.2, 0.25) is 0 Å². The zero-order valence-corrected chi connectivity index (χ0v) is 10.6. The number of hydrogen-bond donors (Lipinski definition) is 0. The van der Waals surface area contributed by atoms with E-state index in [9.17, 15) is 0 Å². The second kappa shape index (κ2) is 3.72. The van der Waals surface area contributed by atoms with Gasteiger partial charge in [0.2, 0.25) is 0 Å². The Morgan fingerprint density at radius 3 is 2.74 bits per heavy atom. The molecule has 3 aromatic heterocycles. The van der Waals surface area contributed by atoms with Crippen LogP contribution in [0.3, 0.4) is 0 Å². The van der Waals surface area contributed by atoms with Gasteiger partial charge in [-0.15, -0.1) is 0 Å². The Hall–Kier alpha value is -2.55. The zero-order chi connectivity index (χ0) is 12.8. The monoisotopic (exact) mass is 247 g/mol. The minimum absolute atomic E-state index is 1.12. The van der Waals surface area contributed by atoms with Crippen molar-refractivity contribution in [1.29, 1.82) is 0 Å². The minimum atomic E-state index is 1.12. The van der Waals surface area contributed by atoms with Crippen molar-refractivity contribution in [3.05, 3.63) is 61.1 Å². The van der Waals surface area contributed by atoms with Gasteiger partial charge in [0.15, 0.2) is 0 Å². The third-order valence-electron chi connectivity index (χ3n) is 3.62. The number of pyridine rings is 1. The maximum Gasteiger partial charge on any atom is 0.0667 e. The van der Waals surface area contributed by atoms with Crippen LogP contribution in [0.15, 0.2) is 61.1 Å². The van der Waals surface area contributed by atoms with Gasteiger partial charge in [-0.25, -0.2) is 4.52 Å². The molecule has 0 aliphatic rings. The van der Waals surface area contributed by atoms with Crippen molar-refractivity contribution >= 4 is 16.4 Å². The lowest BCUT2D eigenvalue weighted by atomic mass is 10.1. The Kier molecular flexibility index (Phi) is 2.03. The maximum atomic E-state index is 4.22. The summed E-state index contributed by atoms with van der Waals surface area (Å²) in [5.74, 6) is 0. The lowest BCUT2D eigenvalue weighted by Gasteiger charge is -2.04. The van der Waals surface area contributed by atoms with Crippen LogP contribution in [0, 0.1) is 0 Å². The summed E-state index contributed by atoms with van der Waals surface area (Å²) >= 11 is 0. The van der Waals surface area contributed by atoms with Gasteiger partial charge in [0, 0.05) is 31.2 Å². The normalized spacial score (nSPS) is 11.4. The first-order chi connectivity index (χ1) is 9.31. The molecule has 92 valence electrons. The Labute approximate surface area is 110 Å². The van der Waals surface area contributed by atoms with E-state index in [-0.39, 0.29) is 0 Å². The van der Waals surface area contributed by atoms with Crippen molar-refractivity contribution in [3.63, 3.8) is 0 Å². The van der Waals surface area contributed by atoms with Gasteiger partial charge in [0.25, 0.3) is 0 Å². The summed E-state index contributed by atoms with van der Waals surface area (Å²) in [6.07, 6.45) is 5.91. The molecule has 0 unspecified atom stereocenters. The molecular formula is C16H13N3. The van der Waals surface area contributed by atoms with Gasteiger partial charge in [0.1, 0.15) is 0 Å². The van der Waals surface area contributed by atoms with Crippen molar-refractivity contribution in [2.75, 3.05) is 0 Å². The Morgan fingerprint density at radius 2 is 1.79 bits per heavy atom. The van der Waals surface area contributed by atoms with Crippen LogP contribution in [0.4, 0.5) is 0 Å². The molecule has 0 saturated heterocycles. The SMILES string of the molecule is Cn1ccc2ccc(-c3ccn4nccc4c3)cc21. The highest BCUT2D eigenvalue weighted by Gasteiger charge is 2.03. The van der Waals surface area contributed by atoms with E-state index in [4.69, 9.17) is 0 Å². The molecule has 0 atom stereocenters. The summed E-state index contributed by atoms with van der Waals surface area (Å²) in [4.78, 5) is 0. The molecule has 0 aliphatic carbocycles. The summed E-state index contributed by atoms with van der Waals surface area (Å²) in [5.41, 5.74) is 4.82. The number of nitrogens with zero attached hydrogens (tertiary/aromatic N) is 3. The van der Waals surface area contributed by atoms with Crippen molar-refractivity contribution in [3.8, 4) is 11.1 Å². The van der Waals surface area contributed by atoms with Crippen LogP contribution >= 0.6 is 0 Å². The second-order valence-electron chi connectivity index (χ2n) is 4.82.